The van der Waals surface area contributed by atoms with Gasteiger partial charge in [0.05, 0.1) is 17.6 Å². The van der Waals surface area contributed by atoms with Crippen molar-refractivity contribution in [1.82, 2.24) is 4.31 Å². The minimum atomic E-state index is -3.59. The average molecular weight is 421 g/mol. The monoisotopic (exact) mass is 420 g/mol. The Hall–Kier alpha value is -2.45. The zero-order chi connectivity index (χ0) is 21.2. The summed E-state index contributed by atoms with van der Waals surface area (Å²) in [6, 6.07) is 9.88. The minimum absolute atomic E-state index is 0.126. The highest BCUT2D eigenvalue weighted by atomic mass is 32.2. The summed E-state index contributed by atoms with van der Waals surface area (Å²) >= 11 is 0. The molecule has 1 aliphatic heterocycles. The van der Waals surface area contributed by atoms with Crippen molar-refractivity contribution in [3.63, 3.8) is 0 Å². The first kappa shape index (κ1) is 21.3. The Morgan fingerprint density at radius 1 is 1.10 bits per heavy atom. The number of carbonyl (C=O) groups excluding carboxylic acids is 1. The smallest absolute Gasteiger partial charge is 0.258 e. The molecule has 0 unspecified atom stereocenters. The second kappa shape index (κ2) is 8.51. The third-order valence-electron chi connectivity index (χ3n) is 5.01. The number of sulfonamides is 1. The summed E-state index contributed by atoms with van der Waals surface area (Å²) in [4.78, 5) is 12.5. The Morgan fingerprint density at radius 2 is 1.72 bits per heavy atom. The van der Waals surface area contributed by atoms with Gasteiger partial charge in [0.15, 0.2) is 0 Å². The third-order valence-corrected chi connectivity index (χ3v) is 6.85. The number of halogens is 1. The van der Waals surface area contributed by atoms with Gasteiger partial charge in [0.1, 0.15) is 11.6 Å². The average Bonchev–Trinajstić information content (AvgIpc) is 2.67. The standard InChI is InChI=1S/C21H25FN2O4S/c1-14-10-15(2)13-24(12-14)29(26,27)18-7-4-16(5-8-18)23-21(25)19-9-6-17(28-3)11-20(19)22/h4-9,11,14-15H,10,12-13H2,1-3H3,(H,23,25)/t14-,15-/m0/s1. The van der Waals surface area contributed by atoms with E-state index in [0.29, 0.717) is 36.4 Å². The quantitative estimate of drug-likeness (QED) is 0.799. The summed E-state index contributed by atoms with van der Waals surface area (Å²) in [6.45, 7) is 5.11. The number of hydrogen-bond acceptors (Lipinski definition) is 4. The molecular weight excluding hydrogens is 395 g/mol. The summed E-state index contributed by atoms with van der Waals surface area (Å²) in [7, 11) is -2.18. The fraction of sp³-hybridized carbons (Fsp3) is 0.381. The summed E-state index contributed by atoms with van der Waals surface area (Å²) < 4.78 is 46.3. The Balaban J connectivity index is 1.74. The molecule has 2 atom stereocenters. The van der Waals surface area contributed by atoms with E-state index >= 15 is 0 Å². The van der Waals surface area contributed by atoms with E-state index in [0.717, 1.165) is 12.5 Å². The second-order valence-electron chi connectivity index (χ2n) is 7.59. The van der Waals surface area contributed by atoms with Crippen LogP contribution in [0.2, 0.25) is 0 Å². The zero-order valence-electron chi connectivity index (χ0n) is 16.7. The maximum Gasteiger partial charge on any atom is 0.258 e. The van der Waals surface area contributed by atoms with E-state index in [9.17, 15) is 17.6 Å². The van der Waals surface area contributed by atoms with Crippen LogP contribution < -0.4 is 10.1 Å². The van der Waals surface area contributed by atoms with Gasteiger partial charge in [-0.1, -0.05) is 13.8 Å². The number of ether oxygens (including phenoxy) is 1. The van der Waals surface area contributed by atoms with Crippen LogP contribution in [0.3, 0.4) is 0 Å². The van der Waals surface area contributed by atoms with Crippen LogP contribution in [-0.2, 0) is 10.0 Å². The van der Waals surface area contributed by atoms with Crippen LogP contribution in [0.4, 0.5) is 10.1 Å². The molecule has 3 rings (SSSR count). The van der Waals surface area contributed by atoms with E-state index in [4.69, 9.17) is 4.74 Å². The maximum absolute atomic E-state index is 14.1. The Morgan fingerprint density at radius 3 is 2.28 bits per heavy atom. The normalized spacial score (nSPS) is 20.3. The molecule has 29 heavy (non-hydrogen) atoms. The van der Waals surface area contributed by atoms with Crippen molar-refractivity contribution in [2.24, 2.45) is 11.8 Å². The Kier molecular flexibility index (Phi) is 6.24. The van der Waals surface area contributed by atoms with E-state index in [2.05, 4.69) is 19.2 Å². The van der Waals surface area contributed by atoms with Gasteiger partial charge in [0.2, 0.25) is 10.0 Å². The highest BCUT2D eigenvalue weighted by molar-refractivity contribution is 7.89. The molecule has 1 heterocycles. The van der Waals surface area contributed by atoms with Gasteiger partial charge in [-0.2, -0.15) is 4.31 Å². The number of rotatable bonds is 5. The zero-order valence-corrected chi connectivity index (χ0v) is 17.5. The molecule has 1 aliphatic rings. The lowest BCUT2D eigenvalue weighted by molar-refractivity contribution is 0.102. The first-order chi connectivity index (χ1) is 13.7. The van der Waals surface area contributed by atoms with Crippen molar-refractivity contribution in [3.8, 4) is 5.75 Å². The largest absolute Gasteiger partial charge is 0.497 e. The van der Waals surface area contributed by atoms with Crippen molar-refractivity contribution >= 4 is 21.6 Å². The van der Waals surface area contributed by atoms with Crippen molar-refractivity contribution in [2.45, 2.75) is 25.2 Å². The first-order valence-corrected chi connectivity index (χ1v) is 10.9. The predicted molar refractivity (Wildman–Crippen MR) is 109 cm³/mol. The molecule has 6 nitrogen and oxygen atoms in total. The third kappa shape index (κ3) is 4.76. The molecule has 2 aromatic rings. The van der Waals surface area contributed by atoms with E-state index in [1.807, 2.05) is 0 Å². The molecule has 156 valence electrons. The van der Waals surface area contributed by atoms with E-state index < -0.39 is 21.7 Å². The molecule has 1 amide bonds. The summed E-state index contributed by atoms with van der Waals surface area (Å²) in [5.74, 6) is -0.387. The van der Waals surface area contributed by atoms with Crippen LogP contribution >= 0.6 is 0 Å². The fourth-order valence-electron chi connectivity index (χ4n) is 3.67. The van der Waals surface area contributed by atoms with Crippen LogP contribution in [-0.4, -0.2) is 38.8 Å². The molecule has 0 saturated carbocycles. The first-order valence-electron chi connectivity index (χ1n) is 9.46. The minimum Gasteiger partial charge on any atom is -0.497 e. The van der Waals surface area contributed by atoms with Gasteiger partial charge in [0.25, 0.3) is 5.91 Å². The summed E-state index contributed by atoms with van der Waals surface area (Å²) in [5.41, 5.74) is 0.253. The molecular formula is C21H25FN2O4S. The van der Waals surface area contributed by atoms with Gasteiger partial charge in [-0.05, 0) is 54.7 Å². The predicted octanol–water partition coefficient (Wildman–Crippen LogP) is 3.75. The van der Waals surface area contributed by atoms with Crippen LogP contribution in [0.15, 0.2) is 47.4 Å². The van der Waals surface area contributed by atoms with Crippen molar-refractivity contribution in [2.75, 3.05) is 25.5 Å². The van der Waals surface area contributed by atoms with Crippen molar-refractivity contribution < 1.29 is 22.3 Å². The van der Waals surface area contributed by atoms with Crippen LogP contribution in [0.1, 0.15) is 30.6 Å². The fourth-order valence-corrected chi connectivity index (χ4v) is 5.35. The van der Waals surface area contributed by atoms with E-state index in [-0.39, 0.29) is 10.5 Å². The number of piperidine rings is 1. The van der Waals surface area contributed by atoms with E-state index in [1.54, 1.807) is 0 Å². The number of hydrogen-bond donors (Lipinski definition) is 1. The molecule has 8 heteroatoms. The number of carbonyl (C=O) groups is 1. The second-order valence-corrected chi connectivity index (χ2v) is 9.53. The van der Waals surface area contributed by atoms with Crippen LogP contribution in [0, 0.1) is 17.7 Å². The number of nitrogens with zero attached hydrogens (tertiary/aromatic N) is 1. The van der Waals surface area contributed by atoms with Gasteiger partial charge in [0, 0.05) is 24.8 Å². The highest BCUT2D eigenvalue weighted by Crippen LogP contribution is 2.27. The van der Waals surface area contributed by atoms with Crippen molar-refractivity contribution in [3.05, 3.63) is 53.8 Å². The molecule has 0 radical (unpaired) electrons. The van der Waals surface area contributed by atoms with Gasteiger partial charge < -0.3 is 10.1 Å². The topological polar surface area (TPSA) is 75.7 Å². The molecule has 1 fully saturated rings. The number of amides is 1. The molecule has 0 aliphatic carbocycles. The number of benzene rings is 2. The summed E-state index contributed by atoms with van der Waals surface area (Å²) in [5, 5.41) is 2.58. The van der Waals surface area contributed by atoms with Gasteiger partial charge in [-0.15, -0.1) is 0 Å². The number of methoxy groups -OCH3 is 1. The number of nitrogens with one attached hydrogen (secondary N) is 1. The van der Waals surface area contributed by atoms with Gasteiger partial charge in [-0.25, -0.2) is 12.8 Å². The molecule has 1 N–H and O–H groups in total. The molecule has 1 saturated heterocycles. The summed E-state index contributed by atoms with van der Waals surface area (Å²) in [6.07, 6.45) is 1.01. The molecule has 2 aromatic carbocycles. The Bertz CT molecular complexity index is 982. The lowest BCUT2D eigenvalue weighted by atomic mass is 9.94. The van der Waals surface area contributed by atoms with Gasteiger partial charge >= 0.3 is 0 Å². The Labute approximate surface area is 170 Å². The maximum atomic E-state index is 14.1. The van der Waals surface area contributed by atoms with Crippen LogP contribution in [0.5, 0.6) is 5.75 Å². The lowest BCUT2D eigenvalue weighted by Crippen LogP contribution is -2.42. The molecule has 0 aromatic heterocycles. The van der Waals surface area contributed by atoms with Crippen LogP contribution in [0.25, 0.3) is 0 Å². The van der Waals surface area contributed by atoms with Crippen molar-refractivity contribution in [1.29, 1.82) is 0 Å². The molecule has 0 bridgehead atoms. The van der Waals surface area contributed by atoms with E-state index in [1.165, 1.54) is 47.8 Å². The van der Waals surface area contributed by atoms with Gasteiger partial charge in [-0.3, -0.25) is 4.79 Å². The molecule has 0 spiro atoms. The number of anilines is 1. The highest BCUT2D eigenvalue weighted by Gasteiger charge is 2.31. The lowest BCUT2D eigenvalue weighted by Gasteiger charge is -2.34. The SMILES string of the molecule is COc1ccc(C(=O)Nc2ccc(S(=O)(=O)N3C[C@@H](C)C[C@H](C)C3)cc2)c(F)c1.